The van der Waals surface area contributed by atoms with Gasteiger partial charge in [-0.3, -0.25) is 0 Å². The number of thiazole rings is 1. The maximum atomic E-state index is 5.61. The molecule has 7 heteroatoms. The van der Waals surface area contributed by atoms with Crippen molar-refractivity contribution in [1.29, 1.82) is 0 Å². The van der Waals surface area contributed by atoms with Crippen molar-refractivity contribution >= 4 is 27.8 Å². The molecule has 0 radical (unpaired) electrons. The van der Waals surface area contributed by atoms with Crippen LogP contribution in [-0.4, -0.2) is 47.3 Å². The normalized spacial score (nSPS) is 13.4. The maximum Gasteiger partial charge on any atom is 4.00 e. The Bertz CT molecular complexity index is 1310. The molecule has 3 aromatic carbocycles. The van der Waals surface area contributed by atoms with Crippen molar-refractivity contribution in [3.63, 3.8) is 0 Å². The minimum Gasteiger partial charge on any atom is -0.675 e. The summed E-state index contributed by atoms with van der Waals surface area (Å²) in [6, 6.07) is 22.0. The third-order valence-corrected chi connectivity index (χ3v) is 8.46. The largest absolute Gasteiger partial charge is 4.00 e. The van der Waals surface area contributed by atoms with Gasteiger partial charge in [0.25, 0.3) is 0 Å². The summed E-state index contributed by atoms with van der Waals surface area (Å²) >= 11 is 1.80. The number of hydrogen-bond donors (Lipinski definition) is 0. The summed E-state index contributed by atoms with van der Waals surface area (Å²) in [5.74, 6) is 1.46. The van der Waals surface area contributed by atoms with Crippen LogP contribution in [-0.2, 0) is 25.8 Å². The van der Waals surface area contributed by atoms with E-state index in [0.29, 0.717) is 17.8 Å². The van der Waals surface area contributed by atoms with E-state index in [9.17, 15) is 0 Å². The molecule has 0 N–H and O–H groups in total. The minimum absolute atomic E-state index is 0. The summed E-state index contributed by atoms with van der Waals surface area (Å²) in [6.07, 6.45) is 6.46. The Kier molecular flexibility index (Phi) is 20.6. The topological polar surface area (TPSA) is 69.3 Å². The predicted molar refractivity (Wildman–Crippen MR) is 198 cm³/mol. The zero-order chi connectivity index (χ0) is 32.5. The van der Waals surface area contributed by atoms with Crippen molar-refractivity contribution < 1.29 is 25.8 Å². The number of hydrogen-bond acceptors (Lipinski definition) is 2. The first-order valence-corrected chi connectivity index (χ1v) is 16.9. The van der Waals surface area contributed by atoms with E-state index in [1.165, 1.54) is 70.3 Å². The summed E-state index contributed by atoms with van der Waals surface area (Å²) in [4.78, 5) is 5.28. The van der Waals surface area contributed by atoms with Gasteiger partial charge in [-0.05, 0) is 28.5 Å². The average molecular weight is 792 g/mol. The fourth-order valence-corrected chi connectivity index (χ4v) is 6.56. The Morgan fingerprint density at radius 2 is 1.20 bits per heavy atom. The fourth-order valence-electron chi connectivity index (χ4n) is 5.61. The van der Waals surface area contributed by atoms with Crippen LogP contribution in [0.25, 0.3) is 43.3 Å². The van der Waals surface area contributed by atoms with Gasteiger partial charge in [0, 0.05) is 10.9 Å². The van der Waals surface area contributed by atoms with Crippen LogP contribution in [0.3, 0.4) is 0 Å². The van der Waals surface area contributed by atoms with Crippen molar-refractivity contribution in [3.05, 3.63) is 103 Å². The molecule has 1 fully saturated rings. The van der Waals surface area contributed by atoms with Gasteiger partial charge in [-0.2, -0.15) is 42.3 Å². The Labute approximate surface area is 297 Å². The van der Waals surface area contributed by atoms with Crippen molar-refractivity contribution in [2.45, 2.75) is 77.7 Å². The van der Waals surface area contributed by atoms with Crippen LogP contribution in [0.4, 0.5) is 5.69 Å². The molecule has 0 amide bonds. The second-order valence-corrected chi connectivity index (χ2v) is 12.9. The van der Waals surface area contributed by atoms with Crippen molar-refractivity contribution in [2.24, 2.45) is 5.92 Å². The summed E-state index contributed by atoms with van der Waals surface area (Å²) in [5, 5.41) is 22.1. The van der Waals surface area contributed by atoms with E-state index in [0.717, 1.165) is 5.69 Å². The second kappa shape index (κ2) is 22.6. The van der Waals surface area contributed by atoms with Crippen LogP contribution in [0.5, 0.6) is 0 Å². The Hall–Kier alpha value is -1.90. The van der Waals surface area contributed by atoms with Gasteiger partial charge < -0.3 is 21.3 Å². The van der Waals surface area contributed by atoms with E-state index in [2.05, 4.69) is 110 Å². The van der Waals surface area contributed by atoms with Crippen LogP contribution >= 0.6 is 11.3 Å². The van der Waals surface area contributed by atoms with Crippen LogP contribution in [0, 0.1) is 5.92 Å². The molecule has 45 heavy (non-hydrogen) atoms. The fraction of sp³-hybridized carbons (Fsp3) is 0.500. The van der Waals surface area contributed by atoms with Crippen molar-refractivity contribution in [2.75, 3.05) is 42.3 Å². The molecule has 1 aliphatic carbocycles. The van der Waals surface area contributed by atoms with Crippen LogP contribution in [0.2, 0.25) is 0 Å². The number of para-hydroxylation sites is 1. The van der Waals surface area contributed by atoms with E-state index in [-0.39, 0.29) is 31.9 Å². The molecule has 0 aliphatic heterocycles. The molecule has 1 aliphatic rings. The smallest absolute Gasteiger partial charge is 0.675 e. The predicted octanol–water partition coefficient (Wildman–Crippen LogP) is 12.4. The van der Waals surface area contributed by atoms with Crippen molar-refractivity contribution in [1.82, 2.24) is 4.98 Å². The molecule has 4 aromatic rings. The minimum atomic E-state index is 0. The van der Waals surface area contributed by atoms with Crippen molar-refractivity contribution in [3.8, 4) is 11.3 Å². The molecule has 0 saturated heterocycles. The maximum absolute atomic E-state index is 5.61. The first kappa shape index (κ1) is 41.1. The molecule has 1 atom stereocenters. The first-order chi connectivity index (χ1) is 21.3. The van der Waals surface area contributed by atoms with Gasteiger partial charge in [-0.25, -0.2) is 4.98 Å². The van der Waals surface area contributed by atoms with Gasteiger partial charge in [0.1, 0.15) is 0 Å². The summed E-state index contributed by atoms with van der Waals surface area (Å²) in [7, 11) is 10.5. The van der Waals surface area contributed by atoms with E-state index in [1.54, 1.807) is 53.6 Å². The number of rotatable bonds is 7. The Morgan fingerprint density at radius 3 is 1.76 bits per heavy atom. The van der Waals surface area contributed by atoms with E-state index < -0.39 is 0 Å². The first-order valence-electron chi connectivity index (χ1n) is 16.0. The standard InChI is InChI=1S/C32H37N2S.3C2H6N.Hf/c1-21(2)25-17-11-18-26(22(3)4)31(25)34-30(24-13-6-5-7-14-24)32-33-29(20-35-32)28-19-10-15-23-12-8-9-16-27(23)28;3*1-3-2;/h8-12,15-22,24,30H,5-7,13-14H2,1-4H3;3*1-2H3;/q4*-1;+4. The SMILES string of the molecule is CC(C)c1cccc(C(C)C)c1[N-]C(c1nc(-c2cccc3ccccc23)cs1)C1CCCCC1.C[N-]C.C[N-]C.C[N-]C.[Hf+4]. The molecule has 5 nitrogen and oxygen atoms in total. The van der Waals surface area contributed by atoms with Crippen LogP contribution < -0.4 is 0 Å². The Morgan fingerprint density at radius 1 is 0.689 bits per heavy atom. The molecular formula is C38H55HfN5S. The summed E-state index contributed by atoms with van der Waals surface area (Å²) in [5.41, 5.74) is 6.25. The molecular weight excluding hydrogens is 737 g/mol. The molecule has 0 spiro atoms. The van der Waals surface area contributed by atoms with Gasteiger partial charge >= 0.3 is 25.8 Å². The van der Waals surface area contributed by atoms with Gasteiger partial charge in [0.2, 0.25) is 0 Å². The molecule has 1 aromatic heterocycles. The molecule has 5 rings (SSSR count). The third kappa shape index (κ3) is 12.3. The van der Waals surface area contributed by atoms with E-state index >= 15 is 0 Å². The molecule has 242 valence electrons. The summed E-state index contributed by atoms with van der Waals surface area (Å²) < 4.78 is 0. The van der Waals surface area contributed by atoms with E-state index in [4.69, 9.17) is 10.3 Å². The number of benzene rings is 3. The van der Waals surface area contributed by atoms with Gasteiger partial charge in [0.05, 0.1) is 10.7 Å². The molecule has 1 unspecified atom stereocenters. The van der Waals surface area contributed by atoms with Gasteiger partial charge in [-0.1, -0.05) is 138 Å². The van der Waals surface area contributed by atoms with Gasteiger partial charge in [0.15, 0.2) is 0 Å². The van der Waals surface area contributed by atoms with Crippen LogP contribution in [0.15, 0.2) is 66.0 Å². The number of fused-ring (bicyclic) bond motifs is 1. The van der Waals surface area contributed by atoms with Crippen LogP contribution in [0.1, 0.15) is 93.8 Å². The molecule has 0 bridgehead atoms. The zero-order valence-electron chi connectivity index (χ0n) is 29.3. The molecule has 1 heterocycles. The third-order valence-electron chi connectivity index (χ3n) is 7.55. The molecule has 1 saturated carbocycles. The number of aromatic nitrogens is 1. The number of nitrogens with zero attached hydrogens (tertiary/aromatic N) is 5. The second-order valence-electron chi connectivity index (χ2n) is 12.0. The quantitative estimate of drug-likeness (QED) is 0.172. The Balaban J connectivity index is 0.000000910. The van der Waals surface area contributed by atoms with E-state index in [1.807, 2.05) is 0 Å². The van der Waals surface area contributed by atoms with Gasteiger partial charge in [-0.15, -0.1) is 17.0 Å². The monoisotopic (exact) mass is 793 g/mol. The average Bonchev–Trinajstić information content (AvgIpc) is 3.51. The zero-order valence-corrected chi connectivity index (χ0v) is 33.7. The summed E-state index contributed by atoms with van der Waals surface area (Å²) in [6.45, 7) is 9.15.